The van der Waals surface area contributed by atoms with Gasteiger partial charge in [-0.25, -0.2) is 9.18 Å². The summed E-state index contributed by atoms with van der Waals surface area (Å²) in [5.74, 6) is -0.929. The quantitative estimate of drug-likeness (QED) is 0.830. The summed E-state index contributed by atoms with van der Waals surface area (Å²) >= 11 is 0. The number of ether oxygens (including phenoxy) is 1. The van der Waals surface area contributed by atoms with E-state index in [1.54, 1.807) is 16.8 Å². The fourth-order valence-corrected chi connectivity index (χ4v) is 3.94. The van der Waals surface area contributed by atoms with Crippen molar-refractivity contribution in [1.82, 2.24) is 14.8 Å². The van der Waals surface area contributed by atoms with Gasteiger partial charge in [-0.1, -0.05) is 6.07 Å². The molecule has 0 aliphatic carbocycles. The van der Waals surface area contributed by atoms with Gasteiger partial charge in [-0.15, -0.1) is 0 Å². The van der Waals surface area contributed by atoms with Crippen molar-refractivity contribution in [2.45, 2.75) is 24.9 Å². The topological polar surface area (TPSA) is 82.7 Å². The van der Waals surface area contributed by atoms with Crippen molar-refractivity contribution in [3.63, 3.8) is 0 Å². The zero-order chi connectivity index (χ0) is 19.2. The van der Waals surface area contributed by atoms with Crippen LogP contribution < -0.4 is 5.43 Å². The summed E-state index contributed by atoms with van der Waals surface area (Å²) in [5, 5.41) is 0.210. The van der Waals surface area contributed by atoms with Gasteiger partial charge in [0, 0.05) is 38.0 Å². The highest BCUT2D eigenvalue weighted by molar-refractivity contribution is 5.95. The van der Waals surface area contributed by atoms with E-state index in [1.165, 1.54) is 24.3 Å². The fourth-order valence-electron chi connectivity index (χ4n) is 3.94. The molecule has 2 fully saturated rings. The molecule has 1 aromatic heterocycles. The SMILES string of the molecule is CN1C[C@@]2(CCCN(C(=O)c3cc(=O)c4cccc(F)c4[nH]3)CC2)OC1=O. The Morgan fingerprint density at radius 2 is 2.07 bits per heavy atom. The minimum absolute atomic E-state index is 0.0333. The first kappa shape index (κ1) is 17.5. The van der Waals surface area contributed by atoms with E-state index in [0.717, 1.165) is 0 Å². The van der Waals surface area contributed by atoms with Gasteiger partial charge in [0.1, 0.15) is 17.1 Å². The number of amides is 2. The maximum Gasteiger partial charge on any atom is 0.410 e. The molecule has 8 heteroatoms. The summed E-state index contributed by atoms with van der Waals surface area (Å²) in [4.78, 5) is 42.8. The smallest absolute Gasteiger partial charge is 0.410 e. The lowest BCUT2D eigenvalue weighted by Crippen LogP contribution is -2.37. The third-order valence-corrected chi connectivity index (χ3v) is 5.37. The van der Waals surface area contributed by atoms with Gasteiger partial charge in [-0.05, 0) is 25.0 Å². The molecule has 2 aliphatic rings. The summed E-state index contributed by atoms with van der Waals surface area (Å²) in [6.45, 7) is 1.39. The van der Waals surface area contributed by atoms with Crippen molar-refractivity contribution in [3.05, 3.63) is 46.0 Å². The number of nitrogens with zero attached hydrogens (tertiary/aromatic N) is 2. The summed E-state index contributed by atoms with van der Waals surface area (Å²) in [6, 6.07) is 5.44. The van der Waals surface area contributed by atoms with E-state index in [-0.39, 0.29) is 28.6 Å². The number of likely N-dealkylation sites (tertiary alicyclic amines) is 1. The molecule has 3 heterocycles. The minimum Gasteiger partial charge on any atom is -0.441 e. The highest BCUT2D eigenvalue weighted by Crippen LogP contribution is 2.32. The Labute approximate surface area is 154 Å². The van der Waals surface area contributed by atoms with Crippen LogP contribution in [-0.4, -0.2) is 59.1 Å². The Morgan fingerprint density at radius 3 is 2.81 bits per heavy atom. The summed E-state index contributed by atoms with van der Waals surface area (Å²) < 4.78 is 19.6. The van der Waals surface area contributed by atoms with E-state index < -0.39 is 16.8 Å². The Hall–Kier alpha value is -2.90. The molecule has 2 aromatic rings. The lowest BCUT2D eigenvalue weighted by Gasteiger charge is -2.25. The Kier molecular flexibility index (Phi) is 4.13. The van der Waals surface area contributed by atoms with E-state index in [4.69, 9.17) is 4.74 Å². The lowest BCUT2D eigenvalue weighted by atomic mass is 9.95. The number of nitrogens with one attached hydrogen (secondary N) is 1. The largest absolute Gasteiger partial charge is 0.441 e. The molecule has 1 atom stereocenters. The molecular formula is C19H20FN3O4. The van der Waals surface area contributed by atoms with Crippen LogP contribution in [0.4, 0.5) is 9.18 Å². The molecule has 0 saturated carbocycles. The van der Waals surface area contributed by atoms with Gasteiger partial charge >= 0.3 is 6.09 Å². The molecule has 0 unspecified atom stereocenters. The van der Waals surface area contributed by atoms with Crippen molar-refractivity contribution < 1.29 is 18.7 Å². The highest BCUT2D eigenvalue weighted by atomic mass is 19.1. The molecule has 0 radical (unpaired) electrons. The van der Waals surface area contributed by atoms with Gasteiger partial charge < -0.3 is 19.5 Å². The zero-order valence-corrected chi connectivity index (χ0v) is 15.0. The number of para-hydroxylation sites is 1. The monoisotopic (exact) mass is 373 g/mol. The number of likely N-dealkylation sites (N-methyl/N-ethyl adjacent to an activating group) is 1. The van der Waals surface area contributed by atoms with Crippen molar-refractivity contribution >= 4 is 22.9 Å². The molecule has 4 rings (SSSR count). The second kappa shape index (κ2) is 6.37. The number of H-pyrrole nitrogens is 1. The Bertz CT molecular complexity index is 989. The second-order valence-electron chi connectivity index (χ2n) is 7.26. The van der Waals surface area contributed by atoms with Crippen LogP contribution in [0.3, 0.4) is 0 Å². The molecule has 1 N–H and O–H groups in total. The number of aromatic nitrogens is 1. The number of fused-ring (bicyclic) bond motifs is 1. The number of carbonyl (C=O) groups is 2. The van der Waals surface area contributed by atoms with Crippen LogP contribution in [0.1, 0.15) is 29.8 Å². The standard InChI is InChI=1S/C19H20FN3O4/c1-22-11-19(27-18(22)26)6-3-8-23(9-7-19)17(25)14-10-15(24)12-4-2-5-13(20)16(12)21-14/h2,4-5,10H,3,6-9,11H2,1H3,(H,21,24)/t19-/m0/s1. The summed E-state index contributed by atoms with van der Waals surface area (Å²) in [6.07, 6.45) is 1.54. The van der Waals surface area contributed by atoms with Gasteiger partial charge in [0.2, 0.25) is 0 Å². The minimum atomic E-state index is -0.574. The summed E-state index contributed by atoms with van der Waals surface area (Å²) in [7, 11) is 1.69. The van der Waals surface area contributed by atoms with Crippen LogP contribution in [-0.2, 0) is 4.74 Å². The maximum atomic E-state index is 14.0. The van der Waals surface area contributed by atoms with Gasteiger partial charge in [0.15, 0.2) is 5.43 Å². The van der Waals surface area contributed by atoms with E-state index in [2.05, 4.69) is 4.98 Å². The first-order valence-electron chi connectivity index (χ1n) is 8.93. The second-order valence-corrected chi connectivity index (χ2v) is 7.26. The average Bonchev–Trinajstić information content (AvgIpc) is 2.79. The average molecular weight is 373 g/mol. The molecule has 2 amide bonds. The number of benzene rings is 1. The van der Waals surface area contributed by atoms with Crippen molar-refractivity contribution in [3.8, 4) is 0 Å². The first-order valence-corrected chi connectivity index (χ1v) is 8.93. The van der Waals surface area contributed by atoms with E-state index in [9.17, 15) is 18.8 Å². The molecule has 0 bridgehead atoms. The normalized spacial score (nSPS) is 23.0. The van der Waals surface area contributed by atoms with Crippen LogP contribution in [0.15, 0.2) is 29.1 Å². The van der Waals surface area contributed by atoms with Crippen LogP contribution >= 0.6 is 0 Å². The van der Waals surface area contributed by atoms with Crippen LogP contribution in [0.2, 0.25) is 0 Å². The lowest BCUT2D eigenvalue weighted by molar-refractivity contribution is 0.0438. The number of rotatable bonds is 1. The highest BCUT2D eigenvalue weighted by Gasteiger charge is 2.44. The van der Waals surface area contributed by atoms with Gasteiger partial charge in [-0.3, -0.25) is 9.59 Å². The third kappa shape index (κ3) is 3.05. The molecule has 1 aromatic carbocycles. The van der Waals surface area contributed by atoms with Crippen molar-refractivity contribution in [2.24, 2.45) is 0 Å². The van der Waals surface area contributed by atoms with Crippen molar-refractivity contribution in [2.75, 3.05) is 26.7 Å². The number of carbonyl (C=O) groups excluding carboxylic acids is 2. The number of pyridine rings is 1. The Morgan fingerprint density at radius 1 is 1.26 bits per heavy atom. The molecule has 27 heavy (non-hydrogen) atoms. The predicted molar refractivity (Wildman–Crippen MR) is 96.1 cm³/mol. The third-order valence-electron chi connectivity index (χ3n) is 5.37. The summed E-state index contributed by atoms with van der Waals surface area (Å²) in [5.41, 5.74) is -0.867. The molecule has 142 valence electrons. The van der Waals surface area contributed by atoms with E-state index in [0.29, 0.717) is 38.9 Å². The van der Waals surface area contributed by atoms with Crippen molar-refractivity contribution in [1.29, 1.82) is 0 Å². The number of hydrogen-bond acceptors (Lipinski definition) is 4. The first-order chi connectivity index (χ1) is 12.9. The molecule has 2 aliphatic heterocycles. The molecule has 1 spiro atoms. The molecule has 2 saturated heterocycles. The molecule has 7 nitrogen and oxygen atoms in total. The molecular weight excluding hydrogens is 353 g/mol. The Balaban J connectivity index is 1.59. The van der Waals surface area contributed by atoms with E-state index in [1.807, 2.05) is 0 Å². The van der Waals surface area contributed by atoms with Crippen LogP contribution in [0, 0.1) is 5.82 Å². The van der Waals surface area contributed by atoms with Crippen LogP contribution in [0.25, 0.3) is 10.9 Å². The fraction of sp³-hybridized carbons (Fsp3) is 0.421. The van der Waals surface area contributed by atoms with E-state index >= 15 is 0 Å². The van der Waals surface area contributed by atoms with Gasteiger partial charge in [0.25, 0.3) is 5.91 Å². The number of hydrogen-bond donors (Lipinski definition) is 1. The number of aromatic amines is 1. The van der Waals surface area contributed by atoms with Gasteiger partial charge in [0.05, 0.1) is 12.1 Å². The zero-order valence-electron chi connectivity index (χ0n) is 15.0. The predicted octanol–water partition coefficient (Wildman–Crippen LogP) is 2.11. The number of halogens is 1. The van der Waals surface area contributed by atoms with Gasteiger partial charge in [-0.2, -0.15) is 0 Å². The van der Waals surface area contributed by atoms with Crippen LogP contribution in [0.5, 0.6) is 0 Å². The maximum absolute atomic E-state index is 14.0.